The van der Waals surface area contributed by atoms with E-state index in [0.717, 1.165) is 11.1 Å². The Kier molecular flexibility index (Phi) is 6.64. The highest BCUT2D eigenvalue weighted by molar-refractivity contribution is 6.42. The number of amides is 1. The third kappa shape index (κ3) is 5.55. The number of carbonyl (C=O) groups excluding carboxylic acids is 2. The number of nitrogens with zero attached hydrogens (tertiary/aromatic N) is 1. The molecular weight excluding hydrogens is 349 g/mol. The van der Waals surface area contributed by atoms with E-state index in [0.29, 0.717) is 16.6 Å². The number of likely N-dealkylation sites (N-methyl/N-ethyl adjacent to an activating group) is 1. The molecule has 126 valence electrons. The third-order valence-corrected chi connectivity index (χ3v) is 4.12. The fraction of sp³-hybridized carbons (Fsp3) is 0.222. The van der Waals surface area contributed by atoms with E-state index in [9.17, 15) is 9.59 Å². The minimum Gasteiger partial charge on any atom is -0.455 e. The van der Waals surface area contributed by atoms with E-state index in [1.54, 1.807) is 25.2 Å². The number of hydrogen-bond donors (Lipinski definition) is 0. The van der Waals surface area contributed by atoms with Crippen LogP contribution in [0.5, 0.6) is 0 Å². The second kappa shape index (κ2) is 8.71. The average molecular weight is 366 g/mol. The molecule has 6 heteroatoms. The van der Waals surface area contributed by atoms with Gasteiger partial charge in [0.05, 0.1) is 16.5 Å². The van der Waals surface area contributed by atoms with Crippen molar-refractivity contribution in [3.63, 3.8) is 0 Å². The van der Waals surface area contributed by atoms with Gasteiger partial charge < -0.3 is 9.64 Å². The van der Waals surface area contributed by atoms with E-state index >= 15 is 0 Å². The van der Waals surface area contributed by atoms with Crippen LogP contribution in [0, 0.1) is 0 Å². The molecule has 0 saturated carbocycles. The Morgan fingerprint density at radius 2 is 1.71 bits per heavy atom. The van der Waals surface area contributed by atoms with Gasteiger partial charge in [-0.3, -0.25) is 9.59 Å². The molecule has 0 radical (unpaired) electrons. The van der Waals surface area contributed by atoms with E-state index in [4.69, 9.17) is 27.9 Å². The summed E-state index contributed by atoms with van der Waals surface area (Å²) in [6.45, 7) is 0.0649. The lowest BCUT2D eigenvalue weighted by Crippen LogP contribution is -2.31. The van der Waals surface area contributed by atoms with Gasteiger partial charge in [-0.25, -0.2) is 0 Å². The number of esters is 1. The molecule has 0 aliphatic rings. The van der Waals surface area contributed by atoms with Crippen molar-refractivity contribution in [1.29, 1.82) is 0 Å². The zero-order chi connectivity index (χ0) is 17.5. The minimum atomic E-state index is -0.433. The summed E-state index contributed by atoms with van der Waals surface area (Å²) in [6, 6.07) is 14.4. The van der Waals surface area contributed by atoms with E-state index in [2.05, 4.69) is 0 Å². The Labute approximate surface area is 150 Å². The second-order valence-electron chi connectivity index (χ2n) is 5.32. The molecule has 0 saturated heterocycles. The highest BCUT2D eigenvalue weighted by atomic mass is 35.5. The van der Waals surface area contributed by atoms with Crippen LogP contribution in [-0.2, 0) is 27.3 Å². The predicted octanol–water partition coefficient (Wildman–Crippen LogP) is 3.74. The number of carbonyl (C=O) groups is 2. The molecule has 0 heterocycles. The fourth-order valence-corrected chi connectivity index (χ4v) is 2.39. The fourth-order valence-electron chi connectivity index (χ4n) is 2.07. The first kappa shape index (κ1) is 18.3. The normalized spacial score (nSPS) is 10.3. The molecule has 2 aromatic carbocycles. The standard InChI is InChI=1S/C18H17Cl2NO3/c1-21(11-14-7-8-15(19)16(20)9-14)17(22)12-24-18(23)10-13-5-3-2-4-6-13/h2-9H,10-12H2,1H3. The van der Waals surface area contributed by atoms with Gasteiger partial charge in [0.1, 0.15) is 0 Å². The molecule has 1 amide bonds. The number of hydrogen-bond acceptors (Lipinski definition) is 3. The highest BCUT2D eigenvalue weighted by Gasteiger charge is 2.13. The lowest BCUT2D eigenvalue weighted by Gasteiger charge is -2.17. The Morgan fingerprint density at radius 3 is 2.38 bits per heavy atom. The summed E-state index contributed by atoms with van der Waals surface area (Å²) < 4.78 is 5.03. The van der Waals surface area contributed by atoms with Crippen molar-refractivity contribution in [3.05, 3.63) is 69.7 Å². The van der Waals surface area contributed by atoms with Crippen molar-refractivity contribution < 1.29 is 14.3 Å². The van der Waals surface area contributed by atoms with Crippen LogP contribution in [0.3, 0.4) is 0 Å². The average Bonchev–Trinajstić information content (AvgIpc) is 2.57. The first-order chi connectivity index (χ1) is 11.5. The molecule has 2 aromatic rings. The molecule has 0 aliphatic carbocycles. The molecule has 4 nitrogen and oxygen atoms in total. The SMILES string of the molecule is CN(Cc1ccc(Cl)c(Cl)c1)C(=O)COC(=O)Cc1ccccc1. The van der Waals surface area contributed by atoms with E-state index in [-0.39, 0.29) is 18.9 Å². The number of benzene rings is 2. The van der Waals surface area contributed by atoms with Gasteiger partial charge in [-0.1, -0.05) is 59.6 Å². The summed E-state index contributed by atoms with van der Waals surface area (Å²) in [5, 5.41) is 0.897. The van der Waals surface area contributed by atoms with Gasteiger partial charge in [-0.15, -0.1) is 0 Å². The molecule has 2 rings (SSSR count). The topological polar surface area (TPSA) is 46.6 Å². The number of halogens is 2. The van der Waals surface area contributed by atoms with E-state index in [1.807, 2.05) is 30.3 Å². The van der Waals surface area contributed by atoms with Crippen LogP contribution in [-0.4, -0.2) is 30.4 Å². The molecule has 24 heavy (non-hydrogen) atoms. The van der Waals surface area contributed by atoms with E-state index < -0.39 is 5.97 Å². The maximum absolute atomic E-state index is 12.0. The summed E-state index contributed by atoms with van der Waals surface area (Å²) >= 11 is 11.8. The van der Waals surface area contributed by atoms with Gasteiger partial charge in [0.2, 0.25) is 0 Å². The minimum absolute atomic E-state index is 0.143. The molecule has 0 atom stereocenters. The van der Waals surface area contributed by atoms with Gasteiger partial charge in [0, 0.05) is 13.6 Å². The molecule has 0 fully saturated rings. The quantitative estimate of drug-likeness (QED) is 0.732. The van der Waals surface area contributed by atoms with Crippen molar-refractivity contribution in [2.45, 2.75) is 13.0 Å². The van der Waals surface area contributed by atoms with Crippen molar-refractivity contribution in [1.82, 2.24) is 4.90 Å². The zero-order valence-electron chi connectivity index (χ0n) is 13.2. The Morgan fingerprint density at radius 1 is 1.00 bits per heavy atom. The second-order valence-corrected chi connectivity index (χ2v) is 6.14. The zero-order valence-corrected chi connectivity index (χ0v) is 14.7. The van der Waals surface area contributed by atoms with Gasteiger partial charge in [0.15, 0.2) is 6.61 Å². The van der Waals surface area contributed by atoms with Crippen LogP contribution < -0.4 is 0 Å². The summed E-state index contributed by atoms with van der Waals surface area (Å²) in [4.78, 5) is 25.3. The Hall–Kier alpha value is -2.04. The molecule has 0 unspecified atom stereocenters. The lowest BCUT2D eigenvalue weighted by molar-refractivity contribution is -0.151. The van der Waals surface area contributed by atoms with Gasteiger partial charge in [0.25, 0.3) is 5.91 Å². The van der Waals surface area contributed by atoms with E-state index in [1.165, 1.54) is 4.90 Å². The highest BCUT2D eigenvalue weighted by Crippen LogP contribution is 2.23. The first-order valence-corrected chi connectivity index (χ1v) is 8.08. The van der Waals surface area contributed by atoms with Crippen molar-refractivity contribution in [2.75, 3.05) is 13.7 Å². The van der Waals surface area contributed by atoms with Gasteiger partial charge in [-0.2, -0.15) is 0 Å². The largest absolute Gasteiger partial charge is 0.455 e. The van der Waals surface area contributed by atoms with Crippen molar-refractivity contribution in [2.24, 2.45) is 0 Å². The molecule has 0 spiro atoms. The summed E-state index contributed by atoms with van der Waals surface area (Å²) in [5.41, 5.74) is 1.69. The first-order valence-electron chi connectivity index (χ1n) is 7.33. The molecular formula is C18H17Cl2NO3. The number of rotatable bonds is 6. The molecule has 0 aliphatic heterocycles. The van der Waals surface area contributed by atoms with Crippen molar-refractivity contribution in [3.8, 4) is 0 Å². The van der Waals surface area contributed by atoms with Crippen LogP contribution in [0.4, 0.5) is 0 Å². The molecule has 0 bridgehead atoms. The van der Waals surface area contributed by atoms with Crippen LogP contribution >= 0.6 is 23.2 Å². The van der Waals surface area contributed by atoms with Gasteiger partial charge in [-0.05, 0) is 23.3 Å². The predicted molar refractivity (Wildman–Crippen MR) is 94.0 cm³/mol. The lowest BCUT2D eigenvalue weighted by atomic mass is 10.2. The summed E-state index contributed by atoms with van der Waals surface area (Å²) in [7, 11) is 1.63. The maximum atomic E-state index is 12.0. The number of ether oxygens (including phenoxy) is 1. The maximum Gasteiger partial charge on any atom is 0.310 e. The van der Waals surface area contributed by atoms with Crippen LogP contribution in [0.2, 0.25) is 10.0 Å². The summed E-state index contributed by atoms with van der Waals surface area (Å²) in [6.07, 6.45) is 0.143. The monoisotopic (exact) mass is 365 g/mol. The van der Waals surface area contributed by atoms with Crippen LogP contribution in [0.15, 0.2) is 48.5 Å². The third-order valence-electron chi connectivity index (χ3n) is 3.38. The van der Waals surface area contributed by atoms with Crippen LogP contribution in [0.1, 0.15) is 11.1 Å². The smallest absolute Gasteiger partial charge is 0.310 e. The molecule has 0 aromatic heterocycles. The Bertz CT molecular complexity index is 719. The van der Waals surface area contributed by atoms with Crippen LogP contribution in [0.25, 0.3) is 0 Å². The van der Waals surface area contributed by atoms with Crippen molar-refractivity contribution >= 4 is 35.1 Å². The Balaban J connectivity index is 1.80. The molecule has 0 N–H and O–H groups in total. The van der Waals surface area contributed by atoms with Gasteiger partial charge >= 0.3 is 5.97 Å². The summed E-state index contributed by atoms with van der Waals surface area (Å²) in [5.74, 6) is -0.722.